The summed E-state index contributed by atoms with van der Waals surface area (Å²) in [6, 6.07) is 26.9. The van der Waals surface area contributed by atoms with Crippen molar-refractivity contribution in [2.45, 2.75) is 82.3 Å². The number of H-pyrrole nitrogens is 1. The SMILES string of the molecule is Cc1cn([C@H]2C[C@H](OP(=O)(O)O)[C@@H](COP(=O)(O)OCCCNC(=O)c3ccc(/C=C/c4ccc(C(=O)NCCCOP(=O)(O)O[C@H]5C[C@H](n6cnc7c(N)ncnc76)O[C@@H]5COP(=O)(O)OCCCNC(=O)c5ccc(/C=C/c6ccc(C(=O)NCCCO)cc6)cc5)cc4)cc3)O2)c(=O)[nH]c1=O. The molecule has 36 nitrogen and oxygen atoms in total. The molecule has 0 saturated carbocycles. The van der Waals surface area contributed by atoms with Crippen LogP contribution < -0.4 is 38.2 Å². The first kappa shape index (κ1) is 79.7. The maximum atomic E-state index is 13.4. The second kappa shape index (κ2) is 37.0. The maximum absolute atomic E-state index is 13.4. The molecule has 2 aliphatic rings. The second-order valence-corrected chi connectivity index (χ2v) is 28.9. The number of aliphatic hydroxyl groups is 1. The van der Waals surface area contributed by atoms with Gasteiger partial charge in [0.05, 0.1) is 39.4 Å². The number of nitrogens with zero attached hydrogens (tertiary/aromatic N) is 5. The Kier molecular flexibility index (Phi) is 28.4. The van der Waals surface area contributed by atoms with Gasteiger partial charge in [-0.25, -0.2) is 38.0 Å². The van der Waals surface area contributed by atoms with E-state index < -0.39 is 110 Å². The molecule has 13 N–H and O–H groups in total. The van der Waals surface area contributed by atoms with Gasteiger partial charge < -0.3 is 66.0 Å². The van der Waals surface area contributed by atoms with Crippen LogP contribution in [0.5, 0.6) is 0 Å². The van der Waals surface area contributed by atoms with E-state index in [1.807, 2.05) is 12.2 Å². The summed E-state index contributed by atoms with van der Waals surface area (Å²) in [7, 11) is -19.6. The molecule has 2 aliphatic heterocycles. The standard InChI is InChI=1S/C64H77N11O25P4/c1-41-36-74(64(82)73-59(41)77)54-34-50(99-101(83,84)85)52(97-54)37-95-102(86,87)92-31-3-27-67-61(79)47-22-14-44(15-23-47)8-9-45-16-24-49(25-17-45)63(81)69-29-5-33-94-104(90,91)100-51-35-55(75-40-72-56-57(65)70-39-71-58(56)75)98-53(51)38-96-103(88,89)93-32-4-28-68-62(80)48-20-12-43(13-21-48)7-6-42-10-18-46(19-11-42)60(78)66-26-2-30-76/h6-25,36,39-40,50-55,76H,2-5,26-35,37-38H2,1H3,(H,66,78)(H,67,79)(H,68,80)(H,69,81)(H,86,87)(H,88,89)(H,90,91)(H2,65,70,71)(H,73,77,82)(H2,83,84,85)/b7-6+,9-8+/t50-,51-,52+,53+,54+,55+/m0/s1. The van der Waals surface area contributed by atoms with E-state index in [-0.39, 0.29) is 107 Å². The molecule has 0 bridgehead atoms. The van der Waals surface area contributed by atoms with E-state index in [2.05, 4.69) is 41.2 Å². The Hall–Kier alpha value is -8.41. The number of rotatable bonds is 38. The minimum Gasteiger partial charge on any atom is -0.396 e. The number of aromatic nitrogens is 6. The molecule has 3 unspecified atom stereocenters. The van der Waals surface area contributed by atoms with E-state index in [0.29, 0.717) is 35.2 Å². The van der Waals surface area contributed by atoms with Gasteiger partial charge in [0.15, 0.2) is 11.5 Å². The van der Waals surface area contributed by atoms with Gasteiger partial charge in [0, 0.05) is 79.6 Å². The minimum absolute atomic E-state index is 0.0151. The largest absolute Gasteiger partial charge is 0.472 e. The summed E-state index contributed by atoms with van der Waals surface area (Å²) in [5.74, 6) is -1.45. The van der Waals surface area contributed by atoms with E-state index in [0.717, 1.165) is 26.8 Å². The Morgan fingerprint density at radius 3 is 1.34 bits per heavy atom. The zero-order valence-electron chi connectivity index (χ0n) is 55.6. The lowest BCUT2D eigenvalue weighted by Crippen LogP contribution is -2.33. The molecule has 2 fully saturated rings. The zero-order chi connectivity index (χ0) is 74.6. The van der Waals surface area contributed by atoms with Gasteiger partial charge in [-0.2, -0.15) is 0 Å². The monoisotopic (exact) mass is 1520 g/mol. The van der Waals surface area contributed by atoms with E-state index >= 15 is 0 Å². The molecule has 2 saturated heterocycles. The Labute approximate surface area is 593 Å². The first-order chi connectivity index (χ1) is 49.6. The molecule has 0 aliphatic carbocycles. The van der Waals surface area contributed by atoms with Gasteiger partial charge >= 0.3 is 37.0 Å². The van der Waals surface area contributed by atoms with Gasteiger partial charge in [0.1, 0.15) is 48.7 Å². The summed E-state index contributed by atoms with van der Waals surface area (Å²) in [6.07, 6.45) is 3.83. The van der Waals surface area contributed by atoms with E-state index in [1.165, 1.54) is 30.3 Å². The number of aliphatic hydroxyl groups excluding tert-OH is 1. The van der Waals surface area contributed by atoms with Crippen molar-refractivity contribution in [1.82, 2.24) is 50.3 Å². The number of carbonyl (C=O) groups excluding carboxylic acids is 4. The van der Waals surface area contributed by atoms with Gasteiger partial charge in [0.2, 0.25) is 0 Å². The van der Waals surface area contributed by atoms with Crippen LogP contribution in [0.25, 0.3) is 35.5 Å². The highest BCUT2D eigenvalue weighted by molar-refractivity contribution is 7.48. The number of nitrogen functional groups attached to an aromatic ring is 1. The van der Waals surface area contributed by atoms with Gasteiger partial charge in [0.25, 0.3) is 29.2 Å². The highest BCUT2D eigenvalue weighted by Gasteiger charge is 2.45. The van der Waals surface area contributed by atoms with Crippen molar-refractivity contribution in [1.29, 1.82) is 0 Å². The highest BCUT2D eigenvalue weighted by Crippen LogP contribution is 2.51. The smallest absolute Gasteiger partial charge is 0.396 e. The maximum Gasteiger partial charge on any atom is 0.472 e. The quantitative estimate of drug-likeness (QED) is 0.0133. The van der Waals surface area contributed by atoms with Gasteiger partial charge in [-0.15, -0.1) is 0 Å². The normalized spacial score (nSPS) is 19.4. The number of imidazole rings is 1. The number of carbonyl (C=O) groups is 4. The number of nitrogens with two attached hydrogens (primary N) is 1. The number of ether oxygens (including phenoxy) is 2. The van der Waals surface area contributed by atoms with Crippen molar-refractivity contribution < 1.29 is 108 Å². The van der Waals surface area contributed by atoms with Crippen LogP contribution in [0.2, 0.25) is 0 Å². The second-order valence-electron chi connectivity index (χ2n) is 23.4. The molecule has 558 valence electrons. The lowest BCUT2D eigenvalue weighted by atomic mass is 10.1. The number of phosphoric ester groups is 4. The molecule has 0 spiro atoms. The summed E-state index contributed by atoms with van der Waals surface area (Å²) >= 11 is 0. The highest BCUT2D eigenvalue weighted by atomic mass is 31.2. The van der Waals surface area contributed by atoms with Gasteiger partial charge in [-0.3, -0.25) is 69.8 Å². The molecule has 4 aromatic carbocycles. The summed E-state index contributed by atoms with van der Waals surface area (Å²) < 4.78 is 101. The van der Waals surface area contributed by atoms with E-state index in [9.17, 15) is 71.5 Å². The lowest BCUT2D eigenvalue weighted by molar-refractivity contribution is -0.0458. The predicted octanol–water partition coefficient (Wildman–Crippen LogP) is 5.30. The number of phosphoric acid groups is 4. The summed E-state index contributed by atoms with van der Waals surface area (Å²) in [5, 5.41) is 19.8. The van der Waals surface area contributed by atoms with Crippen LogP contribution in [0.3, 0.4) is 0 Å². The molecule has 9 rings (SSSR count). The third kappa shape index (κ3) is 24.1. The van der Waals surface area contributed by atoms with Crippen LogP contribution >= 0.6 is 31.3 Å². The van der Waals surface area contributed by atoms with Crippen LogP contribution in [0.1, 0.15) is 120 Å². The minimum atomic E-state index is -5.10. The molecular weight excluding hydrogens is 1450 g/mol. The molecule has 7 aromatic rings. The number of aryl methyl sites for hydroxylation is 1. The number of aromatic amines is 1. The lowest BCUT2D eigenvalue weighted by Gasteiger charge is -2.22. The number of benzene rings is 4. The van der Waals surface area contributed by atoms with Crippen molar-refractivity contribution in [2.75, 3.05) is 71.6 Å². The number of hydrogen-bond donors (Lipinski definition) is 12. The predicted molar refractivity (Wildman–Crippen MR) is 372 cm³/mol. The molecule has 9 atom stereocenters. The average Bonchev–Trinajstić information content (AvgIpc) is 1.62. The number of anilines is 1. The fourth-order valence-electron chi connectivity index (χ4n) is 10.4. The Balaban J connectivity index is 0.659. The number of hydrogen-bond acceptors (Lipinski definition) is 24. The number of nitrogens with one attached hydrogen (secondary N) is 5. The van der Waals surface area contributed by atoms with Gasteiger partial charge in [-0.1, -0.05) is 72.8 Å². The summed E-state index contributed by atoms with van der Waals surface area (Å²) in [5.41, 5.74) is 9.71. The average molecular weight is 1520 g/mol. The molecule has 3 aromatic heterocycles. The third-order valence-corrected chi connectivity index (χ3v) is 19.3. The van der Waals surface area contributed by atoms with Crippen LogP contribution in [0, 0.1) is 6.92 Å². The van der Waals surface area contributed by atoms with Crippen molar-refractivity contribution >= 4 is 96.2 Å². The fourth-order valence-corrected chi connectivity index (χ4v) is 13.4. The summed E-state index contributed by atoms with van der Waals surface area (Å²) in [6.45, 7) is -0.544. The fraction of sp³-hybridized carbons (Fsp3) is 0.359. The first-order valence-electron chi connectivity index (χ1n) is 32.3. The van der Waals surface area contributed by atoms with Crippen LogP contribution in [-0.2, 0) is 59.4 Å². The van der Waals surface area contributed by atoms with Crippen molar-refractivity contribution in [3.63, 3.8) is 0 Å². The molecule has 104 heavy (non-hydrogen) atoms. The molecule has 4 amide bonds. The topological polar surface area (TPSA) is 514 Å². The Morgan fingerprint density at radius 1 is 0.548 bits per heavy atom. The molecular formula is C64H77N11O25P4. The van der Waals surface area contributed by atoms with Crippen LogP contribution in [0.4, 0.5) is 5.82 Å². The Morgan fingerprint density at radius 2 is 0.933 bits per heavy atom. The van der Waals surface area contributed by atoms with Crippen molar-refractivity contribution in [3.8, 4) is 0 Å². The van der Waals surface area contributed by atoms with Crippen molar-refractivity contribution in [3.05, 3.63) is 187 Å². The molecule has 0 radical (unpaired) electrons. The van der Waals surface area contributed by atoms with Crippen LogP contribution in [-0.4, -0.2) is 173 Å². The first-order valence-corrected chi connectivity index (χ1v) is 38.3. The van der Waals surface area contributed by atoms with E-state index in [1.54, 1.807) is 109 Å². The summed E-state index contributed by atoms with van der Waals surface area (Å²) in [4.78, 5) is 140. The van der Waals surface area contributed by atoms with E-state index in [4.69, 9.17) is 52.0 Å². The molecule has 5 heterocycles. The third-order valence-electron chi connectivity index (χ3n) is 15.7. The van der Waals surface area contributed by atoms with Gasteiger partial charge in [-0.05, 0) is 103 Å². The number of amides is 4. The zero-order valence-corrected chi connectivity index (χ0v) is 59.2. The van der Waals surface area contributed by atoms with Crippen molar-refractivity contribution in [2.24, 2.45) is 0 Å². The van der Waals surface area contributed by atoms with Crippen LogP contribution in [0.15, 0.2) is 126 Å². The Bertz CT molecular complexity index is 4500. The number of fused-ring (bicyclic) bond motifs is 1. The molecule has 40 heteroatoms.